The maximum Gasteiger partial charge on any atom is 0.321 e. The number of ketones is 1. The van der Waals surface area contributed by atoms with Crippen molar-refractivity contribution in [3.05, 3.63) is 29.8 Å². The predicted molar refractivity (Wildman–Crippen MR) is 75.4 cm³/mol. The first kappa shape index (κ1) is 13.6. The van der Waals surface area contributed by atoms with E-state index in [-0.39, 0.29) is 11.8 Å². The molecule has 0 spiro atoms. The van der Waals surface area contributed by atoms with Crippen molar-refractivity contribution in [1.29, 1.82) is 0 Å². The lowest BCUT2D eigenvalue weighted by atomic mass is 10.1. The number of hydrogen-bond donors (Lipinski definition) is 1. The summed E-state index contributed by atoms with van der Waals surface area (Å²) in [6.45, 7) is 5.07. The van der Waals surface area contributed by atoms with Crippen LogP contribution in [-0.4, -0.2) is 29.8 Å². The van der Waals surface area contributed by atoms with Gasteiger partial charge in [0.25, 0.3) is 0 Å². The molecule has 2 amide bonds. The molecular weight excluding hydrogens is 240 g/mol. The van der Waals surface area contributed by atoms with E-state index in [1.807, 2.05) is 11.8 Å². The van der Waals surface area contributed by atoms with Gasteiger partial charge in [0.05, 0.1) is 0 Å². The monoisotopic (exact) mass is 260 g/mol. The molecule has 0 saturated heterocycles. The van der Waals surface area contributed by atoms with Gasteiger partial charge in [-0.2, -0.15) is 0 Å². The van der Waals surface area contributed by atoms with E-state index in [2.05, 4.69) is 5.32 Å². The number of amides is 2. The van der Waals surface area contributed by atoms with Gasteiger partial charge in [0.1, 0.15) is 0 Å². The van der Waals surface area contributed by atoms with Gasteiger partial charge in [0.2, 0.25) is 0 Å². The molecule has 0 atom stereocenters. The highest BCUT2D eigenvalue weighted by atomic mass is 16.2. The molecule has 1 aliphatic rings. The van der Waals surface area contributed by atoms with E-state index in [9.17, 15) is 9.59 Å². The third kappa shape index (κ3) is 3.81. The van der Waals surface area contributed by atoms with Crippen LogP contribution in [0.5, 0.6) is 0 Å². The Hall–Kier alpha value is -1.84. The van der Waals surface area contributed by atoms with E-state index in [0.717, 1.165) is 12.2 Å². The Bertz CT molecular complexity index is 464. The van der Waals surface area contributed by atoms with Gasteiger partial charge in [0, 0.05) is 24.3 Å². The largest absolute Gasteiger partial charge is 0.325 e. The van der Waals surface area contributed by atoms with E-state index < -0.39 is 0 Å². The maximum atomic E-state index is 12.1. The minimum absolute atomic E-state index is 0.0294. The number of anilines is 1. The van der Waals surface area contributed by atoms with Crippen molar-refractivity contribution in [1.82, 2.24) is 4.90 Å². The molecule has 1 aromatic carbocycles. The van der Waals surface area contributed by atoms with Gasteiger partial charge in [-0.15, -0.1) is 0 Å². The molecule has 0 bridgehead atoms. The molecule has 1 fully saturated rings. The second kappa shape index (κ2) is 5.87. The molecule has 0 unspecified atom stereocenters. The summed E-state index contributed by atoms with van der Waals surface area (Å²) >= 11 is 0. The number of urea groups is 1. The highest BCUT2D eigenvalue weighted by Gasteiger charge is 2.25. The van der Waals surface area contributed by atoms with Crippen LogP contribution in [0.4, 0.5) is 10.5 Å². The van der Waals surface area contributed by atoms with Gasteiger partial charge in [0.15, 0.2) is 5.78 Å². The Morgan fingerprint density at radius 1 is 1.26 bits per heavy atom. The van der Waals surface area contributed by atoms with Gasteiger partial charge < -0.3 is 10.2 Å². The van der Waals surface area contributed by atoms with Crippen LogP contribution in [0.25, 0.3) is 0 Å². The molecule has 2 rings (SSSR count). The van der Waals surface area contributed by atoms with Crippen LogP contribution in [0, 0.1) is 5.92 Å². The van der Waals surface area contributed by atoms with Crippen LogP contribution < -0.4 is 5.32 Å². The third-order valence-electron chi connectivity index (χ3n) is 3.39. The Balaban J connectivity index is 1.94. The number of hydrogen-bond acceptors (Lipinski definition) is 2. The summed E-state index contributed by atoms with van der Waals surface area (Å²) < 4.78 is 0. The van der Waals surface area contributed by atoms with Crippen LogP contribution in [0.1, 0.15) is 37.0 Å². The SMILES string of the molecule is CCN(CC1CC1)C(=O)Nc1ccc(C(C)=O)cc1. The number of nitrogens with zero attached hydrogens (tertiary/aromatic N) is 1. The second-order valence-electron chi connectivity index (χ2n) is 5.05. The number of Topliss-reactive ketones (excluding diaryl/α,β-unsaturated/α-hetero) is 1. The summed E-state index contributed by atoms with van der Waals surface area (Å²) in [5.74, 6) is 0.715. The molecule has 0 heterocycles. The molecule has 1 N–H and O–H groups in total. The highest BCUT2D eigenvalue weighted by Crippen LogP contribution is 2.29. The fourth-order valence-electron chi connectivity index (χ4n) is 1.96. The van der Waals surface area contributed by atoms with Crippen molar-refractivity contribution >= 4 is 17.5 Å². The molecule has 1 aromatic rings. The quantitative estimate of drug-likeness (QED) is 0.827. The maximum absolute atomic E-state index is 12.1. The Kier molecular flexibility index (Phi) is 4.20. The second-order valence-corrected chi connectivity index (χ2v) is 5.05. The summed E-state index contributed by atoms with van der Waals surface area (Å²) in [7, 11) is 0. The highest BCUT2D eigenvalue weighted by molar-refractivity contribution is 5.95. The van der Waals surface area contributed by atoms with E-state index in [1.54, 1.807) is 24.3 Å². The molecular formula is C15H20N2O2. The average Bonchev–Trinajstić information content (AvgIpc) is 3.20. The molecule has 1 aliphatic carbocycles. The summed E-state index contributed by atoms with van der Waals surface area (Å²) in [6, 6.07) is 6.92. The molecule has 1 saturated carbocycles. The van der Waals surface area contributed by atoms with Crippen LogP contribution in [-0.2, 0) is 0 Å². The molecule has 19 heavy (non-hydrogen) atoms. The number of carbonyl (C=O) groups excluding carboxylic acids is 2. The summed E-state index contributed by atoms with van der Waals surface area (Å²) in [6.07, 6.45) is 2.47. The van der Waals surface area contributed by atoms with Crippen LogP contribution >= 0.6 is 0 Å². The number of benzene rings is 1. The Morgan fingerprint density at radius 3 is 2.37 bits per heavy atom. The zero-order valence-electron chi connectivity index (χ0n) is 11.5. The average molecular weight is 260 g/mol. The minimum Gasteiger partial charge on any atom is -0.325 e. The minimum atomic E-state index is -0.0648. The zero-order valence-corrected chi connectivity index (χ0v) is 11.5. The third-order valence-corrected chi connectivity index (χ3v) is 3.39. The molecule has 0 radical (unpaired) electrons. The van der Waals surface area contributed by atoms with Crippen molar-refractivity contribution < 1.29 is 9.59 Å². The number of nitrogens with one attached hydrogen (secondary N) is 1. The van der Waals surface area contributed by atoms with Crippen molar-refractivity contribution in [3.8, 4) is 0 Å². The zero-order chi connectivity index (χ0) is 13.8. The smallest absolute Gasteiger partial charge is 0.321 e. The Labute approximate surface area is 113 Å². The van der Waals surface area contributed by atoms with E-state index in [0.29, 0.717) is 18.0 Å². The van der Waals surface area contributed by atoms with Crippen molar-refractivity contribution in [2.24, 2.45) is 5.92 Å². The van der Waals surface area contributed by atoms with Crippen molar-refractivity contribution in [2.45, 2.75) is 26.7 Å². The molecule has 0 aromatic heterocycles. The Morgan fingerprint density at radius 2 is 1.89 bits per heavy atom. The van der Waals surface area contributed by atoms with E-state index in [4.69, 9.17) is 0 Å². The number of carbonyl (C=O) groups is 2. The molecule has 4 nitrogen and oxygen atoms in total. The van der Waals surface area contributed by atoms with Crippen molar-refractivity contribution in [2.75, 3.05) is 18.4 Å². The lowest BCUT2D eigenvalue weighted by Gasteiger charge is -2.21. The molecule has 0 aliphatic heterocycles. The predicted octanol–water partition coefficient (Wildman–Crippen LogP) is 3.15. The normalized spacial score (nSPS) is 14.0. The van der Waals surface area contributed by atoms with Crippen LogP contribution in [0.2, 0.25) is 0 Å². The van der Waals surface area contributed by atoms with Crippen LogP contribution in [0.3, 0.4) is 0 Å². The van der Waals surface area contributed by atoms with Gasteiger partial charge in [-0.1, -0.05) is 0 Å². The van der Waals surface area contributed by atoms with E-state index in [1.165, 1.54) is 19.8 Å². The van der Waals surface area contributed by atoms with Gasteiger partial charge in [-0.05, 0) is 56.9 Å². The van der Waals surface area contributed by atoms with Gasteiger partial charge >= 0.3 is 6.03 Å². The summed E-state index contributed by atoms with van der Waals surface area (Å²) in [4.78, 5) is 25.1. The lowest BCUT2D eigenvalue weighted by Crippen LogP contribution is -2.36. The molecule has 102 valence electrons. The first-order chi connectivity index (χ1) is 9.10. The summed E-state index contributed by atoms with van der Waals surface area (Å²) in [5.41, 5.74) is 1.38. The van der Waals surface area contributed by atoms with Gasteiger partial charge in [-0.25, -0.2) is 4.79 Å². The number of rotatable bonds is 5. The fraction of sp³-hybridized carbons (Fsp3) is 0.467. The van der Waals surface area contributed by atoms with E-state index >= 15 is 0 Å². The lowest BCUT2D eigenvalue weighted by molar-refractivity contribution is 0.101. The first-order valence-electron chi connectivity index (χ1n) is 6.77. The van der Waals surface area contributed by atoms with Gasteiger partial charge in [-0.3, -0.25) is 4.79 Å². The van der Waals surface area contributed by atoms with Crippen LogP contribution in [0.15, 0.2) is 24.3 Å². The van der Waals surface area contributed by atoms with Crippen molar-refractivity contribution in [3.63, 3.8) is 0 Å². The standard InChI is InChI=1S/C15H20N2O2/c1-3-17(10-12-4-5-12)15(19)16-14-8-6-13(7-9-14)11(2)18/h6-9,12H,3-5,10H2,1-2H3,(H,16,19). The summed E-state index contributed by atoms with van der Waals surface area (Å²) in [5, 5.41) is 2.87. The first-order valence-corrected chi connectivity index (χ1v) is 6.77. The fourth-order valence-corrected chi connectivity index (χ4v) is 1.96. The topological polar surface area (TPSA) is 49.4 Å². The molecule has 4 heteroatoms.